The number of amides is 5. The number of hydrogen-bond donors (Lipinski definition) is 4. The number of ether oxygens (including phenoxy) is 4. The molecule has 0 bridgehead atoms. The molecule has 2 aromatic carbocycles. The monoisotopic (exact) mass is 794 g/mol. The summed E-state index contributed by atoms with van der Waals surface area (Å²) in [6.45, 7) is 2.02. The van der Waals surface area contributed by atoms with Crippen molar-refractivity contribution in [2.45, 2.75) is 50.9 Å². The molecule has 3 aromatic rings. The minimum Gasteiger partial charge on any atom is -0.480 e. The molecule has 0 saturated heterocycles. The van der Waals surface area contributed by atoms with Gasteiger partial charge in [-0.1, -0.05) is 48.5 Å². The maximum atomic E-state index is 13.1. The number of aliphatic carboxylic acids is 1. The number of fused-ring (bicyclic) bond motifs is 3. The second kappa shape index (κ2) is 21.4. The highest BCUT2D eigenvalue weighted by molar-refractivity contribution is 5.90. The van der Waals surface area contributed by atoms with Gasteiger partial charge in [0.05, 0.1) is 51.8 Å². The van der Waals surface area contributed by atoms with Crippen molar-refractivity contribution in [3.63, 3.8) is 0 Å². The predicted octanol–water partition coefficient (Wildman–Crippen LogP) is 2.45. The molecule has 0 saturated carbocycles. The van der Waals surface area contributed by atoms with E-state index in [1.54, 1.807) is 19.1 Å². The second-order valence-corrected chi connectivity index (χ2v) is 13.3. The molecule has 0 aliphatic heterocycles. The first-order valence-electron chi connectivity index (χ1n) is 18.2. The van der Waals surface area contributed by atoms with Crippen LogP contribution >= 0.6 is 0 Å². The number of alkyl carbamates (subject to hydrolysis) is 1. The van der Waals surface area contributed by atoms with Crippen LogP contribution < -0.4 is 16.4 Å². The number of primary amides is 1. The van der Waals surface area contributed by atoms with E-state index >= 15 is 0 Å². The van der Waals surface area contributed by atoms with Crippen LogP contribution in [0.5, 0.6) is 0 Å². The van der Waals surface area contributed by atoms with Gasteiger partial charge in [0.1, 0.15) is 25.3 Å². The van der Waals surface area contributed by atoms with E-state index in [0.717, 1.165) is 27.2 Å². The molecule has 1 aliphatic rings. The van der Waals surface area contributed by atoms with Gasteiger partial charge < -0.3 is 49.7 Å². The van der Waals surface area contributed by atoms with Crippen molar-refractivity contribution in [3.8, 4) is 11.1 Å². The molecule has 4 rings (SSSR count). The van der Waals surface area contributed by atoms with Gasteiger partial charge in [0.25, 0.3) is 0 Å². The van der Waals surface area contributed by atoms with Gasteiger partial charge in [-0.25, -0.2) is 24.4 Å². The van der Waals surface area contributed by atoms with E-state index in [2.05, 4.69) is 22.8 Å². The molecule has 1 aromatic heterocycles. The highest BCUT2D eigenvalue weighted by atomic mass is 16.6. The maximum Gasteiger partial charge on any atom is 0.424 e. The molecule has 1 aliphatic carbocycles. The van der Waals surface area contributed by atoms with Crippen LogP contribution in [0, 0.1) is 0 Å². The minimum absolute atomic E-state index is 0.00472. The molecule has 18 heteroatoms. The normalized spacial score (nSPS) is 12.9. The van der Waals surface area contributed by atoms with Crippen molar-refractivity contribution in [1.29, 1.82) is 0 Å². The Labute approximate surface area is 330 Å². The number of nitrogens with two attached hydrogens (primary N) is 1. The fourth-order valence-electron chi connectivity index (χ4n) is 5.94. The summed E-state index contributed by atoms with van der Waals surface area (Å²) in [5.41, 5.74) is 10.9. The Morgan fingerprint density at radius 2 is 1.47 bits per heavy atom. The smallest absolute Gasteiger partial charge is 0.424 e. The van der Waals surface area contributed by atoms with E-state index in [-0.39, 0.29) is 71.0 Å². The Balaban J connectivity index is 1.15. The molecular formula is C39H50N6O12. The highest BCUT2D eigenvalue weighted by Gasteiger charge is 2.30. The number of rotatable bonds is 22. The second-order valence-electron chi connectivity index (χ2n) is 13.3. The average Bonchev–Trinajstić information content (AvgIpc) is 3.78. The summed E-state index contributed by atoms with van der Waals surface area (Å²) in [6, 6.07) is 13.9. The summed E-state index contributed by atoms with van der Waals surface area (Å²) in [7, 11) is 4.67. The Kier molecular flexibility index (Phi) is 16.4. The Hall–Kier alpha value is -5.98. The van der Waals surface area contributed by atoms with E-state index in [1.165, 1.54) is 31.5 Å². The van der Waals surface area contributed by atoms with E-state index < -0.39 is 48.5 Å². The van der Waals surface area contributed by atoms with Crippen molar-refractivity contribution in [1.82, 2.24) is 25.6 Å². The molecule has 1 heterocycles. The summed E-state index contributed by atoms with van der Waals surface area (Å²) in [6.07, 6.45) is 0.830. The number of nitrogens with one attached hydrogen (secondary N) is 2. The summed E-state index contributed by atoms with van der Waals surface area (Å²) in [5.74, 6) is -3.09. The lowest BCUT2D eigenvalue weighted by atomic mass is 9.98. The van der Waals surface area contributed by atoms with Gasteiger partial charge in [0.15, 0.2) is 0 Å². The number of nitrogens with zero attached hydrogens (tertiary/aromatic N) is 3. The van der Waals surface area contributed by atoms with Gasteiger partial charge in [-0.3, -0.25) is 14.4 Å². The lowest BCUT2D eigenvalue weighted by molar-refractivity contribution is -0.148. The van der Waals surface area contributed by atoms with E-state index in [1.807, 2.05) is 36.4 Å². The summed E-state index contributed by atoms with van der Waals surface area (Å²) >= 11 is 0. The quantitative estimate of drug-likeness (QED) is 0.0847. The number of hydrazine groups is 1. The van der Waals surface area contributed by atoms with Crippen molar-refractivity contribution >= 4 is 35.9 Å². The first-order valence-corrected chi connectivity index (χ1v) is 18.2. The number of furan rings is 1. The number of carbonyl (C=O) groups is 6. The SMILES string of the molecule is C[C@@H](C(=O)O)N(C)C(=O)CCOCCOCCNC(=O)[C@H](CC(N)=O)NC(=O)OCc1cocc1CN(C)N(C)C(=O)OCC1c2ccccc2-c2ccccc21. The van der Waals surface area contributed by atoms with Gasteiger partial charge in [0.2, 0.25) is 17.7 Å². The number of benzene rings is 2. The van der Waals surface area contributed by atoms with Crippen LogP contribution in [0.4, 0.5) is 9.59 Å². The van der Waals surface area contributed by atoms with Gasteiger partial charge >= 0.3 is 18.2 Å². The largest absolute Gasteiger partial charge is 0.480 e. The van der Waals surface area contributed by atoms with Crippen LogP contribution in [0.25, 0.3) is 11.1 Å². The highest BCUT2D eigenvalue weighted by Crippen LogP contribution is 2.44. The fourth-order valence-corrected chi connectivity index (χ4v) is 5.94. The molecule has 2 atom stereocenters. The number of carboxylic acid groups (broad SMARTS) is 1. The zero-order valence-electron chi connectivity index (χ0n) is 32.4. The van der Waals surface area contributed by atoms with Gasteiger partial charge in [-0.05, 0) is 29.2 Å². The van der Waals surface area contributed by atoms with Gasteiger partial charge in [-0.15, -0.1) is 0 Å². The molecular weight excluding hydrogens is 744 g/mol. The van der Waals surface area contributed by atoms with E-state index in [4.69, 9.17) is 34.2 Å². The molecule has 5 amide bonds. The van der Waals surface area contributed by atoms with Crippen molar-refractivity contribution in [2.24, 2.45) is 5.73 Å². The van der Waals surface area contributed by atoms with Crippen LogP contribution in [0.3, 0.4) is 0 Å². The summed E-state index contributed by atoms with van der Waals surface area (Å²) in [5, 5.41) is 16.9. The van der Waals surface area contributed by atoms with Gasteiger partial charge in [-0.2, -0.15) is 0 Å². The summed E-state index contributed by atoms with van der Waals surface area (Å²) in [4.78, 5) is 74.3. The molecule has 0 radical (unpaired) electrons. The number of carbonyl (C=O) groups excluding carboxylic acids is 5. The summed E-state index contributed by atoms with van der Waals surface area (Å²) < 4.78 is 27.2. The molecule has 57 heavy (non-hydrogen) atoms. The first-order chi connectivity index (χ1) is 27.3. The molecule has 0 unspecified atom stereocenters. The zero-order valence-corrected chi connectivity index (χ0v) is 32.4. The standard InChI is InChI=1S/C39H50N6O12/c1-25(37(49)50)44(3)35(47)13-15-53-17-18-54-16-14-41-36(48)33(19-34(40)46)42-38(51)56-23-27-22-55-21-26(27)20-43(2)45(4)39(52)57-24-32-30-11-7-5-9-28(30)29-10-6-8-12-31(29)32/h5-12,21-22,25,32-33H,13-20,23-24H2,1-4H3,(H2,40,46)(H,41,48)(H,42,51)(H,49,50)/t25-,33-/m0/s1. The van der Waals surface area contributed by atoms with Crippen LogP contribution in [-0.2, 0) is 51.3 Å². The third-order valence-electron chi connectivity index (χ3n) is 9.43. The number of carboxylic acids is 1. The lowest BCUT2D eigenvalue weighted by Crippen LogP contribution is -2.49. The lowest BCUT2D eigenvalue weighted by Gasteiger charge is -2.28. The van der Waals surface area contributed by atoms with Crippen LogP contribution in [0.1, 0.15) is 47.9 Å². The Morgan fingerprint density at radius 3 is 2.11 bits per heavy atom. The van der Waals surface area contributed by atoms with Crippen molar-refractivity contribution < 1.29 is 57.2 Å². The predicted molar refractivity (Wildman–Crippen MR) is 203 cm³/mol. The van der Waals surface area contributed by atoms with Gasteiger partial charge in [0, 0.05) is 51.3 Å². The van der Waals surface area contributed by atoms with Crippen molar-refractivity contribution in [2.75, 3.05) is 60.7 Å². The molecule has 18 nitrogen and oxygen atoms in total. The van der Waals surface area contributed by atoms with Crippen LogP contribution in [0.2, 0.25) is 0 Å². The molecule has 308 valence electrons. The third-order valence-corrected chi connectivity index (χ3v) is 9.43. The number of likely N-dealkylation sites (N-methyl/N-ethyl adjacent to an activating group) is 1. The molecule has 0 spiro atoms. The minimum atomic E-state index is -1.32. The Bertz CT molecular complexity index is 1820. The van der Waals surface area contributed by atoms with E-state index in [9.17, 15) is 28.8 Å². The fraction of sp³-hybridized carbons (Fsp3) is 0.436. The molecule has 0 fully saturated rings. The third kappa shape index (κ3) is 12.5. The Morgan fingerprint density at radius 1 is 0.860 bits per heavy atom. The average molecular weight is 795 g/mol. The number of hydrogen-bond acceptors (Lipinski definition) is 12. The van der Waals surface area contributed by atoms with Crippen LogP contribution in [0.15, 0.2) is 65.5 Å². The zero-order chi connectivity index (χ0) is 41.5. The first kappa shape index (κ1) is 43.7. The van der Waals surface area contributed by atoms with E-state index in [0.29, 0.717) is 11.1 Å². The van der Waals surface area contributed by atoms with Crippen molar-refractivity contribution in [3.05, 3.63) is 83.3 Å². The topological polar surface area (TPSA) is 233 Å². The van der Waals surface area contributed by atoms with Crippen LogP contribution in [-0.4, -0.2) is 129 Å². The molecule has 5 N–H and O–H groups in total. The maximum absolute atomic E-state index is 13.1.